The van der Waals surface area contributed by atoms with Crippen molar-refractivity contribution in [3.05, 3.63) is 59.7 Å². The van der Waals surface area contributed by atoms with Gasteiger partial charge in [-0.15, -0.1) is 0 Å². The number of carboxylic acid groups (broad SMARTS) is 1. The summed E-state index contributed by atoms with van der Waals surface area (Å²) < 4.78 is 63.1. The second-order valence-electron chi connectivity index (χ2n) is 5.27. The Kier molecular flexibility index (Phi) is 5.86. The zero-order valence-corrected chi connectivity index (χ0v) is 14.3. The number of anilines is 1. The summed E-state index contributed by atoms with van der Waals surface area (Å²) in [5, 5.41) is 10.9. The van der Waals surface area contributed by atoms with Crippen molar-refractivity contribution in [2.24, 2.45) is 0 Å². The van der Waals surface area contributed by atoms with Gasteiger partial charge in [0.1, 0.15) is 6.54 Å². The molecule has 0 atom stereocenters. The van der Waals surface area contributed by atoms with E-state index in [0.717, 1.165) is 36.4 Å². The number of benzene rings is 2. The van der Waals surface area contributed by atoms with E-state index in [1.807, 2.05) is 4.72 Å². The first-order valence-electron chi connectivity index (χ1n) is 7.29. The molecule has 0 aliphatic rings. The number of hydrogen-bond donors (Lipinski definition) is 3. The maximum atomic E-state index is 12.5. The van der Waals surface area contributed by atoms with Crippen molar-refractivity contribution in [2.45, 2.75) is 11.1 Å². The Bertz CT molecular complexity index is 940. The highest BCUT2D eigenvalue weighted by molar-refractivity contribution is 7.89. The van der Waals surface area contributed by atoms with E-state index in [0.29, 0.717) is 0 Å². The fraction of sp³-hybridized carbons (Fsp3) is 0.125. The number of carbonyl (C=O) groups is 2. The van der Waals surface area contributed by atoms with Gasteiger partial charge in [0.05, 0.1) is 10.5 Å². The molecule has 11 heteroatoms. The number of aliphatic carboxylic acids is 1. The maximum absolute atomic E-state index is 12.5. The Hall–Kier alpha value is -2.92. The fourth-order valence-corrected chi connectivity index (χ4v) is 2.95. The zero-order valence-electron chi connectivity index (χ0n) is 13.4. The van der Waals surface area contributed by atoms with Crippen LogP contribution in [0.5, 0.6) is 0 Å². The Balaban J connectivity index is 2.08. The largest absolute Gasteiger partial charge is 0.480 e. The highest BCUT2D eigenvalue weighted by Crippen LogP contribution is 2.29. The summed E-state index contributed by atoms with van der Waals surface area (Å²) in [4.78, 5) is 22.3. The minimum Gasteiger partial charge on any atom is -0.480 e. The average molecular weight is 402 g/mol. The molecule has 2 aromatic carbocycles. The summed E-state index contributed by atoms with van der Waals surface area (Å²) in [6.45, 7) is -0.783. The van der Waals surface area contributed by atoms with Gasteiger partial charge in [-0.3, -0.25) is 9.59 Å². The lowest BCUT2D eigenvalue weighted by molar-refractivity contribution is -0.137. The molecule has 0 saturated carbocycles. The topological polar surface area (TPSA) is 113 Å². The molecule has 0 aliphatic carbocycles. The number of carbonyl (C=O) groups excluding carboxylic acids is 1. The lowest BCUT2D eigenvalue weighted by Crippen LogP contribution is -2.29. The van der Waals surface area contributed by atoms with Crippen LogP contribution in [0.25, 0.3) is 0 Å². The average Bonchev–Trinajstić information content (AvgIpc) is 2.60. The first kappa shape index (κ1) is 20.4. The summed E-state index contributed by atoms with van der Waals surface area (Å²) in [5.41, 5.74) is -0.692. The SMILES string of the molecule is O=C(O)CNS(=O)(=O)c1ccc(NC(=O)c2ccc(C(F)(F)F)cc2)cc1. The number of nitrogens with one attached hydrogen (secondary N) is 2. The summed E-state index contributed by atoms with van der Waals surface area (Å²) in [6, 6.07) is 8.41. The summed E-state index contributed by atoms with van der Waals surface area (Å²) in [5.74, 6) is -2.03. The zero-order chi connectivity index (χ0) is 20.2. The molecular formula is C16H13F3N2O5S. The molecule has 27 heavy (non-hydrogen) atoms. The highest BCUT2D eigenvalue weighted by atomic mass is 32.2. The fourth-order valence-electron chi connectivity index (χ4n) is 1.97. The number of sulfonamides is 1. The molecule has 2 aromatic rings. The molecule has 0 spiro atoms. The van der Waals surface area contributed by atoms with Gasteiger partial charge in [-0.2, -0.15) is 17.9 Å². The van der Waals surface area contributed by atoms with Crippen LogP contribution >= 0.6 is 0 Å². The monoisotopic (exact) mass is 402 g/mol. The third kappa shape index (κ3) is 5.53. The molecule has 0 bridgehead atoms. The van der Waals surface area contributed by atoms with Gasteiger partial charge in [-0.25, -0.2) is 8.42 Å². The summed E-state index contributed by atoms with van der Waals surface area (Å²) >= 11 is 0. The smallest absolute Gasteiger partial charge is 0.416 e. The van der Waals surface area contributed by atoms with Gasteiger partial charge in [0.15, 0.2) is 0 Å². The molecule has 0 aliphatic heterocycles. The van der Waals surface area contributed by atoms with E-state index < -0.39 is 40.2 Å². The third-order valence-electron chi connectivity index (χ3n) is 3.31. The van der Waals surface area contributed by atoms with Gasteiger partial charge < -0.3 is 10.4 Å². The van der Waals surface area contributed by atoms with Crippen LogP contribution in [0.4, 0.5) is 18.9 Å². The van der Waals surface area contributed by atoms with Gasteiger partial charge in [0.25, 0.3) is 5.91 Å². The predicted octanol–water partition coefficient (Wildman–Crippen LogP) is 2.32. The number of alkyl halides is 3. The second-order valence-corrected chi connectivity index (χ2v) is 7.04. The Morgan fingerprint density at radius 1 is 0.963 bits per heavy atom. The van der Waals surface area contributed by atoms with Gasteiger partial charge in [0.2, 0.25) is 10.0 Å². The van der Waals surface area contributed by atoms with Crippen molar-refractivity contribution in [2.75, 3.05) is 11.9 Å². The van der Waals surface area contributed by atoms with Crippen molar-refractivity contribution in [3.8, 4) is 0 Å². The van der Waals surface area contributed by atoms with Crippen molar-refractivity contribution < 1.29 is 36.3 Å². The standard InChI is InChI=1S/C16H13F3N2O5S/c17-16(18,19)11-3-1-10(2-4-11)15(24)21-12-5-7-13(8-6-12)27(25,26)20-9-14(22)23/h1-8,20H,9H2,(H,21,24)(H,22,23). The van der Waals surface area contributed by atoms with Crippen molar-refractivity contribution in [3.63, 3.8) is 0 Å². The van der Waals surface area contributed by atoms with Crippen LogP contribution in [-0.2, 0) is 21.0 Å². The van der Waals surface area contributed by atoms with E-state index in [1.165, 1.54) is 12.1 Å². The minimum atomic E-state index is -4.51. The molecule has 144 valence electrons. The van der Waals surface area contributed by atoms with E-state index in [-0.39, 0.29) is 16.1 Å². The van der Waals surface area contributed by atoms with Crippen LogP contribution in [0.1, 0.15) is 15.9 Å². The number of rotatable bonds is 6. The second kappa shape index (κ2) is 7.76. The molecule has 0 aromatic heterocycles. The Morgan fingerprint density at radius 3 is 2.00 bits per heavy atom. The molecule has 0 unspecified atom stereocenters. The lowest BCUT2D eigenvalue weighted by Gasteiger charge is -2.09. The van der Waals surface area contributed by atoms with E-state index in [2.05, 4.69) is 5.32 Å². The summed E-state index contributed by atoms with van der Waals surface area (Å²) in [6.07, 6.45) is -4.51. The van der Waals surface area contributed by atoms with Crippen LogP contribution in [0, 0.1) is 0 Å². The van der Waals surface area contributed by atoms with E-state index in [1.54, 1.807) is 0 Å². The molecule has 0 saturated heterocycles. The van der Waals surface area contributed by atoms with Crippen LogP contribution in [0.15, 0.2) is 53.4 Å². The minimum absolute atomic E-state index is 0.0113. The molecule has 7 nitrogen and oxygen atoms in total. The number of halogens is 3. The third-order valence-corrected chi connectivity index (χ3v) is 4.73. The predicted molar refractivity (Wildman–Crippen MR) is 88.7 cm³/mol. The van der Waals surface area contributed by atoms with Crippen molar-refractivity contribution in [1.29, 1.82) is 0 Å². The molecule has 0 heterocycles. The van der Waals surface area contributed by atoms with E-state index in [9.17, 15) is 31.2 Å². The lowest BCUT2D eigenvalue weighted by atomic mass is 10.1. The number of carboxylic acids is 1. The van der Waals surface area contributed by atoms with Crippen LogP contribution in [0.2, 0.25) is 0 Å². The van der Waals surface area contributed by atoms with Crippen LogP contribution < -0.4 is 10.0 Å². The van der Waals surface area contributed by atoms with Gasteiger partial charge in [0, 0.05) is 11.3 Å². The van der Waals surface area contributed by atoms with E-state index >= 15 is 0 Å². The maximum Gasteiger partial charge on any atom is 0.416 e. The molecular weight excluding hydrogens is 389 g/mol. The van der Waals surface area contributed by atoms with Crippen LogP contribution in [0.3, 0.4) is 0 Å². The summed E-state index contributed by atoms with van der Waals surface area (Å²) in [7, 11) is -4.02. The number of hydrogen-bond acceptors (Lipinski definition) is 4. The van der Waals surface area contributed by atoms with Gasteiger partial charge in [-0.1, -0.05) is 0 Å². The molecule has 0 radical (unpaired) electrons. The number of amides is 1. The first-order valence-corrected chi connectivity index (χ1v) is 8.77. The van der Waals surface area contributed by atoms with Gasteiger partial charge in [-0.05, 0) is 48.5 Å². The molecule has 0 fully saturated rings. The molecule has 3 N–H and O–H groups in total. The quantitative estimate of drug-likeness (QED) is 0.687. The molecule has 1 amide bonds. The van der Waals surface area contributed by atoms with Crippen molar-refractivity contribution >= 4 is 27.6 Å². The van der Waals surface area contributed by atoms with Crippen LogP contribution in [-0.4, -0.2) is 31.9 Å². The van der Waals surface area contributed by atoms with E-state index in [4.69, 9.17) is 5.11 Å². The molecule has 2 rings (SSSR count). The normalized spacial score (nSPS) is 11.8. The Morgan fingerprint density at radius 2 is 1.52 bits per heavy atom. The van der Waals surface area contributed by atoms with Crippen molar-refractivity contribution in [1.82, 2.24) is 4.72 Å². The first-order chi connectivity index (χ1) is 12.5. The highest BCUT2D eigenvalue weighted by Gasteiger charge is 2.30. The Labute approximate surface area is 151 Å². The van der Waals surface area contributed by atoms with Gasteiger partial charge >= 0.3 is 12.1 Å².